The fraction of sp³-hybridized carbons (Fsp3) is 0.0435. The van der Waals surface area contributed by atoms with Crippen LogP contribution < -0.4 is 0 Å². The SMILES string of the molecule is Cn1c(-c2cccc(Cc3cccc(-c4[c-]c5ccccc5n4C)n3)n2)[c-]c2ccccc21.[Pt+2].[Pt+2].[Pt+2].[Pt+2].[c-]1c(-c2cccc(Cc3cccc(-c4[c-]c5ccccc5s4)n3)n2)sc2ccccc12.[c-]1ccccc1-c1ccc2ccc3ccc4ccc(-c5[c-]cccc5)nc4c3c2n1.[c-]1ccccc1-c1nc(Cc2cc3ccccc3c(-c3[c-]cccc3)n2)cc2ccccc12. The van der Waals surface area contributed by atoms with Gasteiger partial charge in [-0.1, -0.05) is 194 Å². The molecular formula is C115H74N10Pt4S2. The van der Waals surface area contributed by atoms with E-state index in [2.05, 4.69) is 327 Å². The van der Waals surface area contributed by atoms with E-state index in [4.69, 9.17) is 39.9 Å². The third kappa shape index (κ3) is 19.6. The Kier molecular flexibility index (Phi) is 28.1. The first-order valence-electron chi connectivity index (χ1n) is 42.1. The Morgan fingerprint density at radius 3 is 0.985 bits per heavy atom. The van der Waals surface area contributed by atoms with Crippen molar-refractivity contribution in [1.82, 2.24) is 49.0 Å². The van der Waals surface area contributed by atoms with E-state index < -0.39 is 0 Å². The van der Waals surface area contributed by atoms with Crippen molar-refractivity contribution < 1.29 is 84.3 Å². The van der Waals surface area contributed by atoms with E-state index in [1.165, 1.54) is 20.2 Å². The zero-order chi connectivity index (χ0) is 84.9. The number of benzene rings is 12. The number of pyridine rings is 8. The van der Waals surface area contributed by atoms with E-state index in [1.54, 1.807) is 22.7 Å². The van der Waals surface area contributed by atoms with Crippen LogP contribution in [0.1, 0.15) is 34.2 Å². The van der Waals surface area contributed by atoms with Gasteiger partial charge in [0.2, 0.25) is 0 Å². The van der Waals surface area contributed by atoms with Gasteiger partial charge in [0.1, 0.15) is 0 Å². The summed E-state index contributed by atoms with van der Waals surface area (Å²) >= 11 is 3.46. The predicted molar refractivity (Wildman–Crippen MR) is 521 cm³/mol. The molecule has 636 valence electrons. The van der Waals surface area contributed by atoms with Crippen LogP contribution in [0.25, 0.3) is 185 Å². The Labute approximate surface area is 825 Å². The number of rotatable bonds is 14. The number of nitrogens with zero attached hydrogens (tertiary/aromatic N) is 10. The minimum atomic E-state index is 0. The quantitative estimate of drug-likeness (QED) is 0.0781. The first kappa shape index (κ1) is 89.9. The number of hydrogen-bond acceptors (Lipinski definition) is 10. The van der Waals surface area contributed by atoms with Crippen LogP contribution in [0, 0.1) is 48.5 Å². The molecule has 24 aromatic rings. The molecule has 0 aliphatic carbocycles. The van der Waals surface area contributed by atoms with E-state index in [-0.39, 0.29) is 84.3 Å². The molecule has 0 bridgehead atoms. The molecule has 0 saturated carbocycles. The van der Waals surface area contributed by atoms with Gasteiger partial charge >= 0.3 is 84.3 Å². The van der Waals surface area contributed by atoms with Crippen molar-refractivity contribution in [1.29, 1.82) is 0 Å². The molecule has 0 radical (unpaired) electrons. The Bertz CT molecular complexity index is 7650. The number of para-hydroxylation sites is 2. The van der Waals surface area contributed by atoms with E-state index in [0.29, 0.717) is 19.3 Å². The second-order valence-electron chi connectivity index (χ2n) is 31.0. The summed E-state index contributed by atoms with van der Waals surface area (Å²) in [5, 5.41) is 13.5. The van der Waals surface area contributed by atoms with Crippen molar-refractivity contribution in [2.45, 2.75) is 19.3 Å². The number of hydrogen-bond donors (Lipinski definition) is 0. The van der Waals surface area contributed by atoms with Crippen molar-refractivity contribution in [3.63, 3.8) is 0 Å². The maximum absolute atomic E-state index is 5.07. The standard InChI is InChI=1S/C31H20N2.C29H22N4.C28H16N2.C27H16N2S2.4Pt/c1-3-11-22(12-4-1)30-28-17-9-7-15-24(28)19-26(32-30)21-27-20-25-16-8-10-18-29(25)31(33-27)23-13-5-2-6-14-23;1-32-26-15-5-3-9-20(26)17-28(32)24-13-7-11-22(30-24)19-23-12-8-14-25(31-23)29-18-21-10-4-6-16-27(21)33(29)2;1-3-7-19(8-4-1)24-17-15-22-13-11-21-12-14-23-16-18-25(20-9-5-2-6-10-20)30-28(23)26(21)27(22)29-24;1-3-13-24-18(7-1)15-26(30-24)22-11-5-9-20(28-22)17-21-10-6-12-23(29-21)27-16-19-8-2-4-14-25(19)31-27;;;;/h1-11,13,15-20H,21H2;3-16H,19H2,1-2H3;1-7,9,11-18H;1-14H,17H2;;;;/q4*-2;4*+2. The molecular weight excluding hydrogens is 2370 g/mol. The molecule has 24 rings (SSSR count). The molecule has 0 N–H and O–H groups in total. The van der Waals surface area contributed by atoms with Gasteiger partial charge in [-0.3, -0.25) is 29.9 Å². The third-order valence-electron chi connectivity index (χ3n) is 22.7. The van der Waals surface area contributed by atoms with Gasteiger partial charge in [-0.15, -0.1) is 238 Å². The van der Waals surface area contributed by atoms with Crippen LogP contribution in [0.2, 0.25) is 0 Å². The van der Waals surface area contributed by atoms with Crippen LogP contribution >= 0.6 is 22.7 Å². The van der Waals surface area contributed by atoms with Gasteiger partial charge in [0.25, 0.3) is 0 Å². The summed E-state index contributed by atoms with van der Waals surface area (Å²) < 4.78 is 6.77. The second-order valence-corrected chi connectivity index (χ2v) is 33.1. The first-order chi connectivity index (χ1) is 62.7. The van der Waals surface area contributed by atoms with Gasteiger partial charge in [0.15, 0.2) is 0 Å². The Morgan fingerprint density at radius 2 is 0.588 bits per heavy atom. The van der Waals surface area contributed by atoms with E-state index in [9.17, 15) is 0 Å². The van der Waals surface area contributed by atoms with Gasteiger partial charge < -0.3 is 19.1 Å². The average molecular weight is 2440 g/mol. The average Bonchev–Trinajstić information content (AvgIpc) is 0.897. The number of fused-ring (bicyclic) bond motifs is 11. The molecule has 12 aromatic heterocycles. The van der Waals surface area contributed by atoms with Crippen LogP contribution in [0.5, 0.6) is 0 Å². The monoisotopic (exact) mass is 2440 g/mol. The summed E-state index contributed by atoms with van der Waals surface area (Å²) in [6.07, 6.45) is 2.00. The number of aromatic nitrogens is 10. The second kappa shape index (κ2) is 40.9. The predicted octanol–water partition coefficient (Wildman–Crippen LogP) is 27.6. The van der Waals surface area contributed by atoms with Crippen molar-refractivity contribution in [3.05, 3.63) is 459 Å². The smallest absolute Gasteiger partial charge is 0.397 e. The Morgan fingerprint density at radius 1 is 0.252 bits per heavy atom. The minimum Gasteiger partial charge on any atom is -0.397 e. The normalized spacial score (nSPS) is 11.0. The van der Waals surface area contributed by atoms with Crippen molar-refractivity contribution >= 4 is 119 Å². The van der Waals surface area contributed by atoms with Gasteiger partial charge in [-0.25, -0.2) is 22.7 Å². The fourth-order valence-electron chi connectivity index (χ4n) is 16.5. The van der Waals surface area contributed by atoms with Gasteiger partial charge in [-0.05, 0) is 138 Å². The van der Waals surface area contributed by atoms with Gasteiger partial charge in [0, 0.05) is 95.7 Å². The van der Waals surface area contributed by atoms with Crippen LogP contribution in [-0.4, -0.2) is 49.0 Å². The molecule has 16 heteroatoms. The third-order valence-corrected chi connectivity index (χ3v) is 24.8. The minimum absolute atomic E-state index is 0. The summed E-state index contributed by atoms with van der Waals surface area (Å²) in [4.78, 5) is 42.1. The zero-order valence-corrected chi connectivity index (χ0v) is 81.2. The molecule has 0 amide bonds. The summed E-state index contributed by atoms with van der Waals surface area (Å²) in [5.74, 6) is 0. The van der Waals surface area contributed by atoms with E-state index >= 15 is 0 Å². The van der Waals surface area contributed by atoms with Crippen LogP contribution in [0.3, 0.4) is 0 Å². The maximum atomic E-state index is 5.07. The molecule has 0 aliphatic rings. The molecule has 0 spiro atoms. The van der Waals surface area contributed by atoms with Crippen LogP contribution in [-0.2, 0) is 118 Å². The first-order valence-corrected chi connectivity index (χ1v) is 43.7. The molecule has 10 nitrogen and oxygen atoms in total. The number of thiophene rings is 2. The molecule has 0 fully saturated rings. The van der Waals surface area contributed by atoms with Crippen LogP contribution in [0.15, 0.2) is 376 Å². The summed E-state index contributed by atoms with van der Waals surface area (Å²) in [6.45, 7) is 0. The van der Waals surface area contributed by atoms with Crippen molar-refractivity contribution in [2.75, 3.05) is 0 Å². The molecule has 12 heterocycles. The van der Waals surface area contributed by atoms with E-state index in [0.717, 1.165) is 199 Å². The Hall–Kier alpha value is -13.1. The van der Waals surface area contributed by atoms with Gasteiger partial charge in [0.05, 0.1) is 11.0 Å². The van der Waals surface area contributed by atoms with E-state index in [1.807, 2.05) is 121 Å². The number of aryl methyl sites for hydroxylation is 2. The fourth-order valence-corrected chi connectivity index (χ4v) is 18.4. The molecule has 131 heavy (non-hydrogen) atoms. The zero-order valence-electron chi connectivity index (χ0n) is 70.5. The summed E-state index contributed by atoms with van der Waals surface area (Å²) in [5.41, 5.74) is 23.7. The van der Waals surface area contributed by atoms with Crippen LogP contribution in [0.4, 0.5) is 0 Å². The molecule has 0 unspecified atom stereocenters. The largest absolute Gasteiger partial charge is 2.00 e. The van der Waals surface area contributed by atoms with Gasteiger partial charge in [-0.2, -0.15) is 0 Å². The molecule has 0 atom stereocenters. The summed E-state index contributed by atoms with van der Waals surface area (Å²) in [6, 6.07) is 155. The molecule has 12 aromatic carbocycles. The van der Waals surface area contributed by atoms with Crippen molar-refractivity contribution in [3.8, 4) is 88.9 Å². The summed E-state index contributed by atoms with van der Waals surface area (Å²) in [7, 11) is 4.13. The molecule has 0 aliphatic heterocycles. The topological polar surface area (TPSA) is 113 Å². The maximum Gasteiger partial charge on any atom is 2.00 e. The molecule has 0 saturated heterocycles. The Balaban J connectivity index is 0.000000121. The van der Waals surface area contributed by atoms with Crippen molar-refractivity contribution in [2.24, 2.45) is 14.1 Å².